The van der Waals surface area contributed by atoms with Crippen molar-refractivity contribution in [1.82, 2.24) is 30.6 Å². The van der Waals surface area contributed by atoms with Gasteiger partial charge in [-0.1, -0.05) is 48.5 Å². The van der Waals surface area contributed by atoms with Crippen molar-refractivity contribution in [3.63, 3.8) is 0 Å². The first-order valence-corrected chi connectivity index (χ1v) is 13.8. The first-order chi connectivity index (χ1) is 18.8. The van der Waals surface area contributed by atoms with E-state index in [9.17, 15) is 0 Å². The number of benzene rings is 4. The first kappa shape index (κ1) is 22.0. The summed E-state index contributed by atoms with van der Waals surface area (Å²) in [6.45, 7) is 2.14. The summed E-state index contributed by atoms with van der Waals surface area (Å²) in [5.41, 5.74) is 9.14. The van der Waals surface area contributed by atoms with Crippen molar-refractivity contribution in [2.24, 2.45) is 0 Å². The number of imidazole rings is 2. The summed E-state index contributed by atoms with van der Waals surface area (Å²) < 4.78 is 0. The zero-order chi connectivity index (χ0) is 25.1. The molecule has 38 heavy (non-hydrogen) atoms. The number of nitrogens with zero attached hydrogens (tertiary/aromatic N) is 2. The molecule has 2 fully saturated rings. The topological polar surface area (TPSA) is 81.4 Å². The van der Waals surface area contributed by atoms with Gasteiger partial charge in [-0.05, 0) is 90.7 Å². The van der Waals surface area contributed by atoms with Gasteiger partial charge in [-0.3, -0.25) is 0 Å². The number of hydrogen-bond donors (Lipinski definition) is 4. The Balaban J connectivity index is 1.09. The summed E-state index contributed by atoms with van der Waals surface area (Å²) in [6.07, 6.45) is 4.71. The van der Waals surface area contributed by atoms with Gasteiger partial charge in [-0.15, -0.1) is 0 Å². The van der Waals surface area contributed by atoms with Gasteiger partial charge in [-0.2, -0.15) is 0 Å². The third-order valence-corrected chi connectivity index (χ3v) is 8.32. The van der Waals surface area contributed by atoms with Gasteiger partial charge in [0.1, 0.15) is 11.6 Å². The number of rotatable bonds is 4. The zero-order valence-corrected chi connectivity index (χ0v) is 21.2. The van der Waals surface area contributed by atoms with Gasteiger partial charge < -0.3 is 20.6 Å². The molecule has 2 aliphatic rings. The molecule has 8 rings (SSSR count). The Labute approximate surface area is 220 Å². The van der Waals surface area contributed by atoms with E-state index in [1.54, 1.807) is 0 Å². The summed E-state index contributed by atoms with van der Waals surface area (Å²) in [6, 6.07) is 27.2. The summed E-state index contributed by atoms with van der Waals surface area (Å²) in [5, 5.41) is 9.50. The number of nitrogens with one attached hydrogen (secondary N) is 4. The normalized spacial score (nSPS) is 19.8. The molecule has 6 aromatic rings. The quantitative estimate of drug-likeness (QED) is 0.216. The minimum Gasteiger partial charge on any atom is -0.341 e. The number of H-pyrrole nitrogens is 2. The number of fused-ring (bicyclic) bond motifs is 4. The maximum atomic E-state index is 4.99. The van der Waals surface area contributed by atoms with Crippen LogP contribution in [0.15, 0.2) is 72.8 Å². The lowest BCUT2D eigenvalue weighted by atomic mass is 9.98. The Morgan fingerprint density at radius 3 is 1.92 bits per heavy atom. The average molecular weight is 499 g/mol. The molecule has 2 unspecified atom stereocenters. The molecular weight excluding hydrogens is 468 g/mol. The third kappa shape index (κ3) is 3.71. The molecule has 0 spiro atoms. The lowest BCUT2D eigenvalue weighted by Crippen LogP contribution is -2.13. The first-order valence-electron chi connectivity index (χ1n) is 13.8. The van der Waals surface area contributed by atoms with Crippen LogP contribution in [0.4, 0.5) is 0 Å². The molecule has 4 N–H and O–H groups in total. The van der Waals surface area contributed by atoms with Crippen LogP contribution in [0.3, 0.4) is 0 Å². The number of aromatic nitrogens is 4. The summed E-state index contributed by atoms with van der Waals surface area (Å²) >= 11 is 0. The van der Waals surface area contributed by atoms with Crippen molar-refractivity contribution in [3.8, 4) is 22.3 Å². The van der Waals surface area contributed by atoms with Crippen LogP contribution in [-0.4, -0.2) is 33.0 Å². The van der Waals surface area contributed by atoms with E-state index in [0.29, 0.717) is 12.1 Å². The van der Waals surface area contributed by atoms with Crippen LogP contribution in [-0.2, 0) is 0 Å². The second kappa shape index (κ2) is 8.79. The van der Waals surface area contributed by atoms with Crippen molar-refractivity contribution in [3.05, 3.63) is 84.4 Å². The van der Waals surface area contributed by atoms with E-state index < -0.39 is 0 Å². The molecule has 6 nitrogen and oxygen atoms in total. The maximum absolute atomic E-state index is 4.99. The standard InChI is InChI=1S/C32H30N6/c1-3-27(33-15-1)31-35-25-13-10-22(18-29(25)37-31)20-7-5-19(6-8-20)21-9-12-24-23(17-21)11-14-26-30(24)38-32(36-26)28-4-2-16-34-28/h5-14,17-18,27-28,33-34H,1-4,15-16H2,(H,35,37)(H,36,38). The molecule has 2 aliphatic heterocycles. The second-order valence-corrected chi connectivity index (χ2v) is 10.7. The molecule has 0 bridgehead atoms. The highest BCUT2D eigenvalue weighted by Crippen LogP contribution is 2.32. The largest absolute Gasteiger partial charge is 0.341 e. The van der Waals surface area contributed by atoms with E-state index in [1.165, 1.54) is 45.9 Å². The lowest BCUT2D eigenvalue weighted by Gasteiger charge is -2.07. The highest BCUT2D eigenvalue weighted by Gasteiger charge is 2.21. The molecule has 0 aliphatic carbocycles. The lowest BCUT2D eigenvalue weighted by molar-refractivity contribution is 0.614. The van der Waals surface area contributed by atoms with Gasteiger partial charge in [0.15, 0.2) is 0 Å². The average Bonchev–Trinajstić information content (AvgIpc) is 3.78. The maximum Gasteiger partial charge on any atom is 0.124 e. The van der Waals surface area contributed by atoms with Gasteiger partial charge in [0.2, 0.25) is 0 Å². The van der Waals surface area contributed by atoms with Crippen molar-refractivity contribution >= 4 is 32.8 Å². The third-order valence-electron chi connectivity index (χ3n) is 8.32. The summed E-state index contributed by atoms with van der Waals surface area (Å²) in [5.74, 6) is 2.12. The van der Waals surface area contributed by atoms with Crippen LogP contribution in [0.25, 0.3) is 55.1 Å². The van der Waals surface area contributed by atoms with Crippen LogP contribution in [0.1, 0.15) is 49.4 Å². The predicted octanol–water partition coefficient (Wildman–Crippen LogP) is 6.78. The van der Waals surface area contributed by atoms with Crippen LogP contribution < -0.4 is 10.6 Å². The monoisotopic (exact) mass is 498 g/mol. The molecule has 0 radical (unpaired) electrons. The van der Waals surface area contributed by atoms with Crippen molar-refractivity contribution < 1.29 is 0 Å². The molecule has 4 aromatic carbocycles. The van der Waals surface area contributed by atoms with Gasteiger partial charge in [0.05, 0.1) is 34.2 Å². The van der Waals surface area contributed by atoms with E-state index >= 15 is 0 Å². The van der Waals surface area contributed by atoms with Gasteiger partial charge in [-0.25, -0.2) is 9.97 Å². The van der Waals surface area contributed by atoms with E-state index in [2.05, 4.69) is 93.4 Å². The predicted molar refractivity (Wildman–Crippen MR) is 154 cm³/mol. The van der Waals surface area contributed by atoms with Crippen LogP contribution in [0.2, 0.25) is 0 Å². The fourth-order valence-corrected chi connectivity index (χ4v) is 6.23. The highest BCUT2D eigenvalue weighted by molar-refractivity contribution is 6.05. The van der Waals surface area contributed by atoms with Crippen molar-refractivity contribution in [2.75, 3.05) is 13.1 Å². The fourth-order valence-electron chi connectivity index (χ4n) is 6.23. The summed E-state index contributed by atoms with van der Waals surface area (Å²) in [7, 11) is 0. The zero-order valence-electron chi connectivity index (χ0n) is 21.2. The Morgan fingerprint density at radius 1 is 0.579 bits per heavy atom. The Hall–Kier alpha value is -4.00. The van der Waals surface area contributed by atoms with Crippen LogP contribution >= 0.6 is 0 Å². The van der Waals surface area contributed by atoms with Crippen LogP contribution in [0.5, 0.6) is 0 Å². The SMILES string of the molecule is c1cc(-c2ccc3nc(C4CCCN4)[nH]c3c2)ccc1-c1ccc2c(ccc3[nH]c(C4CCCN4)nc32)c1. The molecule has 6 heteroatoms. The molecule has 188 valence electrons. The number of hydrogen-bond acceptors (Lipinski definition) is 4. The molecule has 2 atom stereocenters. The van der Waals surface area contributed by atoms with Gasteiger partial charge in [0.25, 0.3) is 0 Å². The fraction of sp³-hybridized carbons (Fsp3) is 0.250. The van der Waals surface area contributed by atoms with Gasteiger partial charge in [0, 0.05) is 5.39 Å². The molecule has 0 amide bonds. The Bertz CT molecular complexity index is 1780. The van der Waals surface area contributed by atoms with Crippen LogP contribution in [0, 0.1) is 0 Å². The molecule has 0 saturated carbocycles. The smallest absolute Gasteiger partial charge is 0.124 e. The van der Waals surface area contributed by atoms with E-state index in [4.69, 9.17) is 9.97 Å². The molecule has 4 heterocycles. The van der Waals surface area contributed by atoms with E-state index in [0.717, 1.165) is 59.6 Å². The highest BCUT2D eigenvalue weighted by atomic mass is 15.0. The van der Waals surface area contributed by atoms with Gasteiger partial charge >= 0.3 is 0 Å². The molecule has 2 saturated heterocycles. The summed E-state index contributed by atoms with van der Waals surface area (Å²) in [4.78, 5) is 16.9. The number of aromatic amines is 2. The molecule has 2 aromatic heterocycles. The molecular formula is C32H30N6. The Kier molecular flexibility index (Phi) is 5.10. The van der Waals surface area contributed by atoms with Crippen molar-refractivity contribution in [2.45, 2.75) is 37.8 Å². The Morgan fingerprint density at radius 2 is 1.21 bits per heavy atom. The van der Waals surface area contributed by atoms with E-state index in [1.807, 2.05) is 0 Å². The van der Waals surface area contributed by atoms with Crippen molar-refractivity contribution in [1.29, 1.82) is 0 Å². The second-order valence-electron chi connectivity index (χ2n) is 10.7. The van der Waals surface area contributed by atoms with E-state index in [-0.39, 0.29) is 0 Å². The minimum atomic E-state index is 0.343. The minimum absolute atomic E-state index is 0.343.